The molecule has 1 heterocycles. The second-order valence-electron chi connectivity index (χ2n) is 8.86. The number of ether oxygens (including phenoxy) is 1. The first-order valence-electron chi connectivity index (χ1n) is 11.1. The number of benzene rings is 1. The fourth-order valence-corrected chi connectivity index (χ4v) is 4.47. The SMILES string of the molecule is CCOC(=O)C1C(O)=C(N=Nc2cccc3c2C(=O)N(C(CC)CC)C3=O)C(=O)CC1(C)C. The second-order valence-corrected chi connectivity index (χ2v) is 8.86. The summed E-state index contributed by atoms with van der Waals surface area (Å²) in [6, 6.07) is 4.41. The molecule has 1 aromatic carbocycles. The fraction of sp³-hybridized carbons (Fsp3) is 0.500. The van der Waals surface area contributed by atoms with Gasteiger partial charge in [0.1, 0.15) is 11.7 Å². The van der Waals surface area contributed by atoms with Gasteiger partial charge in [0.05, 0.1) is 23.4 Å². The lowest BCUT2D eigenvalue weighted by molar-refractivity contribution is -0.152. The summed E-state index contributed by atoms with van der Waals surface area (Å²) in [5, 5.41) is 18.7. The average Bonchev–Trinajstić information content (AvgIpc) is 3.00. The Morgan fingerprint density at radius 3 is 2.42 bits per heavy atom. The number of amides is 2. The van der Waals surface area contributed by atoms with Crippen molar-refractivity contribution in [1.29, 1.82) is 0 Å². The Morgan fingerprint density at radius 2 is 1.82 bits per heavy atom. The Labute approximate surface area is 192 Å². The van der Waals surface area contributed by atoms with E-state index >= 15 is 0 Å². The normalized spacial score (nSPS) is 20.2. The quantitative estimate of drug-likeness (QED) is 0.366. The molecule has 0 saturated heterocycles. The number of aliphatic hydroxyl groups excluding tert-OH is 1. The minimum atomic E-state index is -1.07. The number of hydrogen-bond acceptors (Lipinski definition) is 8. The number of carbonyl (C=O) groups excluding carboxylic acids is 4. The highest BCUT2D eigenvalue weighted by Gasteiger charge is 2.47. The van der Waals surface area contributed by atoms with Crippen molar-refractivity contribution in [2.45, 2.75) is 59.9 Å². The van der Waals surface area contributed by atoms with E-state index in [1.807, 2.05) is 13.8 Å². The average molecular weight is 456 g/mol. The van der Waals surface area contributed by atoms with Gasteiger partial charge in [-0.2, -0.15) is 0 Å². The fourth-order valence-electron chi connectivity index (χ4n) is 4.47. The van der Waals surface area contributed by atoms with E-state index in [0.717, 1.165) is 0 Å². The molecule has 1 atom stereocenters. The largest absolute Gasteiger partial charge is 0.509 e. The summed E-state index contributed by atoms with van der Waals surface area (Å²) >= 11 is 0. The third-order valence-electron chi connectivity index (χ3n) is 6.19. The topological polar surface area (TPSA) is 126 Å². The molecule has 0 spiro atoms. The van der Waals surface area contributed by atoms with Gasteiger partial charge in [-0.15, -0.1) is 10.2 Å². The second kappa shape index (κ2) is 9.25. The first-order valence-corrected chi connectivity index (χ1v) is 11.1. The predicted octanol–water partition coefficient (Wildman–Crippen LogP) is 4.50. The highest BCUT2D eigenvalue weighted by atomic mass is 16.5. The van der Waals surface area contributed by atoms with Crippen molar-refractivity contribution in [2.75, 3.05) is 6.61 Å². The van der Waals surface area contributed by atoms with Crippen molar-refractivity contribution in [3.63, 3.8) is 0 Å². The van der Waals surface area contributed by atoms with Gasteiger partial charge in [0.2, 0.25) is 0 Å². The van der Waals surface area contributed by atoms with Gasteiger partial charge in [-0.3, -0.25) is 24.1 Å². The summed E-state index contributed by atoms with van der Waals surface area (Å²) in [6.45, 7) is 8.98. The molecule has 9 heteroatoms. The molecule has 33 heavy (non-hydrogen) atoms. The zero-order chi connectivity index (χ0) is 24.5. The molecule has 2 aliphatic rings. The Balaban J connectivity index is 2.03. The van der Waals surface area contributed by atoms with Crippen molar-refractivity contribution in [1.82, 2.24) is 4.90 Å². The number of rotatable bonds is 7. The van der Waals surface area contributed by atoms with Crippen LogP contribution in [0, 0.1) is 11.3 Å². The predicted molar refractivity (Wildman–Crippen MR) is 119 cm³/mol. The molecule has 1 unspecified atom stereocenters. The lowest BCUT2D eigenvalue weighted by Crippen LogP contribution is -2.40. The van der Waals surface area contributed by atoms with Gasteiger partial charge in [-0.1, -0.05) is 33.8 Å². The van der Waals surface area contributed by atoms with E-state index < -0.39 is 34.8 Å². The van der Waals surface area contributed by atoms with Crippen LogP contribution in [0.1, 0.15) is 74.6 Å². The summed E-state index contributed by atoms with van der Waals surface area (Å²) < 4.78 is 5.07. The molecule has 0 aromatic heterocycles. The summed E-state index contributed by atoms with van der Waals surface area (Å²) in [5.41, 5.74) is -0.757. The Bertz CT molecular complexity index is 1070. The van der Waals surface area contributed by atoms with Gasteiger partial charge < -0.3 is 9.84 Å². The van der Waals surface area contributed by atoms with Gasteiger partial charge in [0, 0.05) is 12.5 Å². The zero-order valence-electron chi connectivity index (χ0n) is 19.5. The van der Waals surface area contributed by atoms with E-state index in [1.165, 1.54) is 11.0 Å². The smallest absolute Gasteiger partial charge is 0.317 e. The zero-order valence-corrected chi connectivity index (χ0v) is 19.5. The van der Waals surface area contributed by atoms with Crippen molar-refractivity contribution in [2.24, 2.45) is 21.6 Å². The number of azo groups is 1. The number of esters is 1. The summed E-state index contributed by atoms with van der Waals surface area (Å²) in [6.07, 6.45) is 1.21. The van der Waals surface area contributed by atoms with Gasteiger partial charge in [0.25, 0.3) is 11.8 Å². The molecule has 1 aromatic rings. The van der Waals surface area contributed by atoms with E-state index in [9.17, 15) is 24.3 Å². The number of allylic oxidation sites excluding steroid dienone is 1. The number of fused-ring (bicyclic) bond motifs is 1. The molecular weight excluding hydrogens is 426 g/mol. The van der Waals surface area contributed by atoms with Crippen molar-refractivity contribution in [3.05, 3.63) is 40.8 Å². The number of imide groups is 1. The number of carbonyl (C=O) groups is 4. The van der Waals surface area contributed by atoms with E-state index in [0.29, 0.717) is 12.8 Å². The molecule has 0 saturated carbocycles. The van der Waals surface area contributed by atoms with E-state index in [2.05, 4.69) is 10.2 Å². The van der Waals surface area contributed by atoms with Crippen LogP contribution in [-0.4, -0.2) is 46.2 Å². The van der Waals surface area contributed by atoms with Crippen LogP contribution >= 0.6 is 0 Å². The number of nitrogens with zero attached hydrogens (tertiary/aromatic N) is 3. The van der Waals surface area contributed by atoms with Gasteiger partial charge in [-0.05, 0) is 37.3 Å². The van der Waals surface area contributed by atoms with Crippen LogP contribution < -0.4 is 0 Å². The maximum Gasteiger partial charge on any atom is 0.317 e. The Morgan fingerprint density at radius 1 is 1.15 bits per heavy atom. The molecule has 9 nitrogen and oxygen atoms in total. The minimum Gasteiger partial charge on any atom is -0.509 e. The molecule has 176 valence electrons. The van der Waals surface area contributed by atoms with Crippen molar-refractivity contribution in [3.8, 4) is 0 Å². The Hall–Kier alpha value is -3.36. The van der Waals surface area contributed by atoms with Gasteiger partial charge in [0.15, 0.2) is 11.5 Å². The maximum atomic E-state index is 13.1. The van der Waals surface area contributed by atoms with Gasteiger partial charge >= 0.3 is 5.97 Å². The molecular formula is C24H29N3O6. The van der Waals surface area contributed by atoms with E-state index in [-0.39, 0.29) is 47.5 Å². The van der Waals surface area contributed by atoms with Crippen LogP contribution in [0.4, 0.5) is 5.69 Å². The first kappa shape index (κ1) is 24.3. The van der Waals surface area contributed by atoms with Crippen LogP contribution in [0.5, 0.6) is 0 Å². The molecule has 1 N–H and O–H groups in total. The molecule has 1 aliphatic carbocycles. The highest BCUT2D eigenvalue weighted by molar-refractivity contribution is 6.23. The summed E-state index contributed by atoms with van der Waals surface area (Å²) in [7, 11) is 0. The molecule has 1 aliphatic heterocycles. The number of Topliss-reactive ketones (excluding diaryl/α,β-unsaturated/α-hetero) is 1. The van der Waals surface area contributed by atoms with Crippen LogP contribution in [0.3, 0.4) is 0 Å². The molecule has 0 bridgehead atoms. The lowest BCUT2D eigenvalue weighted by Gasteiger charge is -2.35. The number of ketones is 1. The third-order valence-corrected chi connectivity index (χ3v) is 6.19. The molecule has 0 radical (unpaired) electrons. The maximum absolute atomic E-state index is 13.1. The first-order chi connectivity index (χ1) is 15.6. The van der Waals surface area contributed by atoms with Crippen LogP contribution in [0.25, 0.3) is 0 Å². The van der Waals surface area contributed by atoms with E-state index in [4.69, 9.17) is 4.74 Å². The van der Waals surface area contributed by atoms with Gasteiger partial charge in [-0.25, -0.2) is 0 Å². The van der Waals surface area contributed by atoms with Crippen LogP contribution in [0.15, 0.2) is 39.9 Å². The summed E-state index contributed by atoms with van der Waals surface area (Å²) in [4.78, 5) is 52.3. The number of hydrogen-bond donors (Lipinski definition) is 1. The third kappa shape index (κ3) is 4.19. The molecule has 2 amide bonds. The van der Waals surface area contributed by atoms with Crippen molar-refractivity contribution >= 4 is 29.3 Å². The standard InChI is InChI=1S/C24H29N3O6/c1-6-13(7-2)27-21(30)14-10-9-11-15(17(14)22(27)31)25-26-19-16(28)12-24(4,5)18(20(19)29)23(32)33-8-3/h9-11,13,18,29H,6-8,12H2,1-5H3. The minimum absolute atomic E-state index is 0.0400. The highest BCUT2D eigenvalue weighted by Crippen LogP contribution is 2.43. The number of aliphatic hydroxyl groups is 1. The molecule has 0 fully saturated rings. The van der Waals surface area contributed by atoms with Crippen LogP contribution in [0.2, 0.25) is 0 Å². The van der Waals surface area contributed by atoms with Crippen molar-refractivity contribution < 1.29 is 29.0 Å². The lowest BCUT2D eigenvalue weighted by atomic mass is 9.70. The van der Waals surface area contributed by atoms with E-state index in [1.54, 1.807) is 32.9 Å². The Kier molecular flexibility index (Phi) is 6.81. The monoisotopic (exact) mass is 455 g/mol. The summed E-state index contributed by atoms with van der Waals surface area (Å²) in [5.74, 6) is -3.55. The molecule has 3 rings (SSSR count). The van der Waals surface area contributed by atoms with Crippen LogP contribution in [-0.2, 0) is 14.3 Å².